The van der Waals surface area contributed by atoms with Crippen LogP contribution in [0.15, 0.2) is 12.3 Å². The van der Waals surface area contributed by atoms with Crippen molar-refractivity contribution in [3.05, 3.63) is 23.8 Å². The lowest BCUT2D eigenvalue weighted by molar-refractivity contribution is 0.0711. The number of hydrogen-bond acceptors (Lipinski definition) is 1. The lowest BCUT2D eigenvalue weighted by Gasteiger charge is -2.21. The summed E-state index contributed by atoms with van der Waals surface area (Å²) in [5, 5.41) is 0. The standard InChI is InChI=1S/C10H12F2N2O/c11-5-8-2-1-3-14(8)10(15)9-4-7(12)6-13-9/h4,6,8,13H,1-3,5H2. The molecule has 1 aromatic heterocycles. The summed E-state index contributed by atoms with van der Waals surface area (Å²) in [6, 6.07) is 0.791. The fraction of sp³-hybridized carbons (Fsp3) is 0.500. The van der Waals surface area contributed by atoms with Crippen molar-refractivity contribution in [1.29, 1.82) is 0 Å². The Morgan fingerprint density at radius 3 is 3.07 bits per heavy atom. The van der Waals surface area contributed by atoms with E-state index in [0.29, 0.717) is 13.0 Å². The summed E-state index contributed by atoms with van der Waals surface area (Å²) in [6.07, 6.45) is 2.61. The first-order chi connectivity index (χ1) is 7.22. The van der Waals surface area contributed by atoms with Gasteiger partial charge in [0.2, 0.25) is 0 Å². The van der Waals surface area contributed by atoms with Gasteiger partial charge in [-0.15, -0.1) is 0 Å². The molecule has 1 amide bonds. The zero-order chi connectivity index (χ0) is 10.8. The molecular weight excluding hydrogens is 202 g/mol. The van der Waals surface area contributed by atoms with Gasteiger partial charge in [0.05, 0.1) is 6.04 Å². The first kappa shape index (κ1) is 10.1. The number of halogens is 2. The van der Waals surface area contributed by atoms with Crippen molar-refractivity contribution in [2.45, 2.75) is 18.9 Å². The second-order valence-corrected chi connectivity index (χ2v) is 3.68. The molecule has 0 saturated carbocycles. The number of carbonyl (C=O) groups excluding carboxylic acids is 1. The van der Waals surface area contributed by atoms with E-state index in [1.54, 1.807) is 0 Å². The molecule has 1 N–H and O–H groups in total. The molecule has 1 aromatic rings. The van der Waals surface area contributed by atoms with Crippen LogP contribution < -0.4 is 0 Å². The maximum Gasteiger partial charge on any atom is 0.270 e. The lowest BCUT2D eigenvalue weighted by Crippen LogP contribution is -2.36. The van der Waals surface area contributed by atoms with Gasteiger partial charge in [-0.1, -0.05) is 0 Å². The summed E-state index contributed by atoms with van der Waals surface area (Å²) >= 11 is 0. The Hall–Kier alpha value is -1.39. The van der Waals surface area contributed by atoms with Gasteiger partial charge in [0.1, 0.15) is 18.2 Å². The van der Waals surface area contributed by atoms with E-state index in [2.05, 4.69) is 4.98 Å². The van der Waals surface area contributed by atoms with E-state index in [0.717, 1.165) is 18.7 Å². The van der Waals surface area contributed by atoms with Gasteiger partial charge in [0, 0.05) is 18.8 Å². The molecule has 1 unspecified atom stereocenters. The van der Waals surface area contributed by atoms with Crippen LogP contribution in [-0.4, -0.2) is 35.1 Å². The monoisotopic (exact) mass is 214 g/mol. The van der Waals surface area contributed by atoms with E-state index in [1.807, 2.05) is 0 Å². The molecule has 1 fully saturated rings. The molecule has 2 rings (SSSR count). The van der Waals surface area contributed by atoms with Crippen LogP contribution in [0, 0.1) is 5.82 Å². The number of carbonyl (C=O) groups is 1. The van der Waals surface area contributed by atoms with Gasteiger partial charge in [0.15, 0.2) is 0 Å². The topological polar surface area (TPSA) is 36.1 Å². The molecule has 0 aliphatic carbocycles. The van der Waals surface area contributed by atoms with E-state index in [9.17, 15) is 13.6 Å². The Labute approximate surface area is 86.1 Å². The van der Waals surface area contributed by atoms with Gasteiger partial charge < -0.3 is 9.88 Å². The Morgan fingerprint density at radius 2 is 2.47 bits per heavy atom. The number of nitrogens with zero attached hydrogens (tertiary/aromatic N) is 1. The van der Waals surface area contributed by atoms with E-state index in [1.165, 1.54) is 4.90 Å². The highest BCUT2D eigenvalue weighted by molar-refractivity contribution is 5.92. The molecule has 82 valence electrons. The number of H-pyrrole nitrogens is 1. The minimum atomic E-state index is -0.533. The molecule has 1 aliphatic rings. The maximum absolute atomic E-state index is 12.7. The van der Waals surface area contributed by atoms with Crippen molar-refractivity contribution >= 4 is 5.91 Å². The summed E-state index contributed by atoms with van der Waals surface area (Å²) in [4.78, 5) is 15.8. The van der Waals surface area contributed by atoms with Gasteiger partial charge in [-0.2, -0.15) is 0 Å². The van der Waals surface area contributed by atoms with Crippen molar-refractivity contribution < 1.29 is 13.6 Å². The highest BCUT2D eigenvalue weighted by Gasteiger charge is 2.29. The van der Waals surface area contributed by atoms with Crippen LogP contribution in [-0.2, 0) is 0 Å². The second kappa shape index (κ2) is 4.00. The van der Waals surface area contributed by atoms with E-state index in [4.69, 9.17) is 0 Å². The molecule has 3 nitrogen and oxygen atoms in total. The summed E-state index contributed by atoms with van der Waals surface area (Å²) in [5.41, 5.74) is 0.188. The third-order valence-electron chi connectivity index (χ3n) is 2.69. The average molecular weight is 214 g/mol. The zero-order valence-corrected chi connectivity index (χ0v) is 8.17. The van der Waals surface area contributed by atoms with Crippen molar-refractivity contribution in [1.82, 2.24) is 9.88 Å². The Morgan fingerprint density at radius 1 is 1.67 bits per heavy atom. The quantitative estimate of drug-likeness (QED) is 0.799. The zero-order valence-electron chi connectivity index (χ0n) is 8.17. The molecule has 0 spiro atoms. The normalized spacial score (nSPS) is 20.9. The van der Waals surface area contributed by atoms with Crippen molar-refractivity contribution in [3.8, 4) is 0 Å². The van der Waals surface area contributed by atoms with Crippen LogP contribution >= 0.6 is 0 Å². The minimum Gasteiger partial charge on any atom is -0.355 e. The van der Waals surface area contributed by atoms with Gasteiger partial charge in [-0.25, -0.2) is 8.78 Å². The van der Waals surface area contributed by atoms with E-state index < -0.39 is 12.5 Å². The molecular formula is C10H12F2N2O. The summed E-state index contributed by atoms with van der Waals surface area (Å²) in [6.45, 7) is 0.0169. The third kappa shape index (κ3) is 1.86. The van der Waals surface area contributed by atoms with Crippen LogP contribution in [0.2, 0.25) is 0 Å². The number of amides is 1. The molecule has 1 saturated heterocycles. The van der Waals surface area contributed by atoms with Crippen molar-refractivity contribution in [3.63, 3.8) is 0 Å². The molecule has 1 aliphatic heterocycles. The highest BCUT2D eigenvalue weighted by Crippen LogP contribution is 2.20. The van der Waals surface area contributed by atoms with E-state index in [-0.39, 0.29) is 17.6 Å². The molecule has 0 radical (unpaired) electrons. The minimum absolute atomic E-state index is 0.188. The van der Waals surface area contributed by atoms with E-state index >= 15 is 0 Å². The third-order valence-corrected chi connectivity index (χ3v) is 2.69. The second-order valence-electron chi connectivity index (χ2n) is 3.68. The maximum atomic E-state index is 12.7. The van der Waals surface area contributed by atoms with Crippen molar-refractivity contribution in [2.24, 2.45) is 0 Å². The Bertz CT molecular complexity index is 364. The lowest BCUT2D eigenvalue weighted by atomic mass is 10.2. The average Bonchev–Trinajstić information content (AvgIpc) is 2.84. The van der Waals surface area contributed by atoms with Gasteiger partial charge in [-0.05, 0) is 12.8 Å². The molecule has 0 aromatic carbocycles. The van der Waals surface area contributed by atoms with Crippen LogP contribution in [0.25, 0.3) is 0 Å². The number of nitrogens with one attached hydrogen (secondary N) is 1. The van der Waals surface area contributed by atoms with Crippen molar-refractivity contribution in [2.75, 3.05) is 13.2 Å². The summed E-state index contributed by atoms with van der Waals surface area (Å²) in [5.74, 6) is -0.798. The summed E-state index contributed by atoms with van der Waals surface area (Å²) in [7, 11) is 0. The number of alkyl halides is 1. The fourth-order valence-electron chi connectivity index (χ4n) is 1.91. The van der Waals surface area contributed by atoms with Gasteiger partial charge in [-0.3, -0.25) is 4.79 Å². The molecule has 5 heteroatoms. The number of aromatic amines is 1. The molecule has 1 atom stereocenters. The van der Waals surface area contributed by atoms with Gasteiger partial charge >= 0.3 is 0 Å². The molecule has 2 heterocycles. The molecule has 15 heavy (non-hydrogen) atoms. The number of hydrogen-bond donors (Lipinski definition) is 1. The van der Waals surface area contributed by atoms with Gasteiger partial charge in [0.25, 0.3) is 5.91 Å². The Balaban J connectivity index is 2.13. The van der Waals surface area contributed by atoms with Crippen LogP contribution in [0.4, 0.5) is 8.78 Å². The predicted octanol–water partition coefficient (Wildman–Crippen LogP) is 1.73. The van der Waals surface area contributed by atoms with Crippen LogP contribution in [0.5, 0.6) is 0 Å². The molecule has 0 bridgehead atoms. The number of rotatable bonds is 2. The van der Waals surface area contributed by atoms with Crippen LogP contribution in [0.3, 0.4) is 0 Å². The SMILES string of the molecule is O=C(c1cc(F)c[nH]1)N1CCCC1CF. The number of aromatic nitrogens is 1. The Kier molecular flexibility index (Phi) is 2.70. The number of likely N-dealkylation sites (tertiary alicyclic amines) is 1. The highest BCUT2D eigenvalue weighted by atomic mass is 19.1. The first-order valence-electron chi connectivity index (χ1n) is 4.93. The smallest absolute Gasteiger partial charge is 0.270 e. The first-order valence-corrected chi connectivity index (χ1v) is 4.93. The summed E-state index contributed by atoms with van der Waals surface area (Å²) < 4.78 is 25.2. The largest absolute Gasteiger partial charge is 0.355 e. The fourth-order valence-corrected chi connectivity index (χ4v) is 1.91. The van der Waals surface area contributed by atoms with Crippen LogP contribution in [0.1, 0.15) is 23.3 Å². The predicted molar refractivity (Wildman–Crippen MR) is 50.8 cm³/mol.